The number of hydrogen-bond donors (Lipinski definition) is 1. The summed E-state index contributed by atoms with van der Waals surface area (Å²) in [5.74, 6) is 0.948. The summed E-state index contributed by atoms with van der Waals surface area (Å²) in [4.78, 5) is 8.72. The molecule has 4 heteroatoms. The summed E-state index contributed by atoms with van der Waals surface area (Å²) in [6.45, 7) is 1.36. The Kier molecular flexibility index (Phi) is 2.78. The molecule has 0 amide bonds. The van der Waals surface area contributed by atoms with Crippen LogP contribution in [0.1, 0.15) is 0 Å². The topological polar surface area (TPSA) is 56.7 Å². The molecule has 18 heavy (non-hydrogen) atoms. The van der Waals surface area contributed by atoms with Gasteiger partial charge in [0, 0.05) is 31.0 Å². The third-order valence-corrected chi connectivity index (χ3v) is 2.95. The Labute approximate surface area is 105 Å². The number of rotatable bonds is 3. The number of aromatic nitrogens is 3. The number of pyridine rings is 1. The molecule has 0 bridgehead atoms. The van der Waals surface area contributed by atoms with Gasteiger partial charge in [0.2, 0.25) is 0 Å². The molecule has 0 saturated carbocycles. The predicted octanol–water partition coefficient (Wildman–Crippen LogP) is 2.06. The number of hydrogen-bond acceptors (Lipinski definition) is 3. The lowest BCUT2D eigenvalue weighted by Crippen LogP contribution is -2.10. The molecule has 0 aliphatic rings. The molecule has 2 heterocycles. The summed E-state index contributed by atoms with van der Waals surface area (Å²) < 4.78 is 2.16. The normalized spacial score (nSPS) is 10.9. The van der Waals surface area contributed by atoms with Crippen LogP contribution in [0.2, 0.25) is 0 Å². The Morgan fingerprint density at radius 2 is 1.83 bits per heavy atom. The zero-order chi connectivity index (χ0) is 12.4. The van der Waals surface area contributed by atoms with Gasteiger partial charge >= 0.3 is 0 Å². The van der Waals surface area contributed by atoms with E-state index >= 15 is 0 Å². The van der Waals surface area contributed by atoms with Gasteiger partial charge in [0.05, 0.1) is 11.0 Å². The number of nitrogens with zero attached hydrogens (tertiary/aromatic N) is 3. The van der Waals surface area contributed by atoms with Gasteiger partial charge in [-0.1, -0.05) is 12.1 Å². The molecule has 1 aromatic carbocycles. The second kappa shape index (κ2) is 4.58. The number of benzene rings is 1. The van der Waals surface area contributed by atoms with E-state index in [9.17, 15) is 0 Å². The van der Waals surface area contributed by atoms with E-state index < -0.39 is 0 Å². The van der Waals surface area contributed by atoms with Gasteiger partial charge in [0.15, 0.2) is 0 Å². The summed E-state index contributed by atoms with van der Waals surface area (Å²) in [6.07, 6.45) is 3.56. The summed E-state index contributed by atoms with van der Waals surface area (Å²) in [7, 11) is 0. The Morgan fingerprint density at radius 3 is 2.61 bits per heavy atom. The number of para-hydroxylation sites is 2. The van der Waals surface area contributed by atoms with Gasteiger partial charge in [-0.05, 0) is 24.3 Å². The van der Waals surface area contributed by atoms with Gasteiger partial charge in [-0.25, -0.2) is 4.98 Å². The minimum Gasteiger partial charge on any atom is -0.329 e. The van der Waals surface area contributed by atoms with E-state index in [0.717, 1.165) is 29.0 Å². The minimum atomic E-state index is 0.596. The monoisotopic (exact) mass is 238 g/mol. The molecule has 0 radical (unpaired) electrons. The third kappa shape index (κ3) is 1.76. The summed E-state index contributed by atoms with van der Waals surface area (Å²) in [5, 5.41) is 0. The molecule has 0 aliphatic heterocycles. The van der Waals surface area contributed by atoms with Crippen molar-refractivity contribution in [3.8, 4) is 11.4 Å². The Hall–Kier alpha value is -2.20. The van der Waals surface area contributed by atoms with Crippen LogP contribution in [0, 0.1) is 0 Å². The fraction of sp³-hybridized carbons (Fsp3) is 0.143. The molecule has 0 spiro atoms. The Morgan fingerprint density at radius 1 is 1.06 bits per heavy atom. The van der Waals surface area contributed by atoms with E-state index in [1.165, 1.54) is 0 Å². The fourth-order valence-electron chi connectivity index (χ4n) is 2.15. The Balaban J connectivity index is 2.25. The molecule has 0 saturated heterocycles. The van der Waals surface area contributed by atoms with Gasteiger partial charge in [-0.3, -0.25) is 4.98 Å². The summed E-state index contributed by atoms with van der Waals surface area (Å²) in [5.41, 5.74) is 8.88. The fourth-order valence-corrected chi connectivity index (χ4v) is 2.15. The van der Waals surface area contributed by atoms with Crippen molar-refractivity contribution in [2.45, 2.75) is 6.54 Å². The van der Waals surface area contributed by atoms with E-state index in [4.69, 9.17) is 5.73 Å². The van der Waals surface area contributed by atoms with E-state index in [1.807, 2.05) is 30.3 Å². The first kappa shape index (κ1) is 10.9. The highest BCUT2D eigenvalue weighted by molar-refractivity contribution is 5.80. The number of imidazole rings is 1. The lowest BCUT2D eigenvalue weighted by atomic mass is 10.2. The van der Waals surface area contributed by atoms with Crippen LogP contribution in [0.4, 0.5) is 0 Å². The van der Waals surface area contributed by atoms with Crippen molar-refractivity contribution in [2.75, 3.05) is 6.54 Å². The van der Waals surface area contributed by atoms with E-state index in [0.29, 0.717) is 6.54 Å². The number of nitrogens with two attached hydrogens (primary N) is 1. The van der Waals surface area contributed by atoms with Gasteiger partial charge in [-0.2, -0.15) is 0 Å². The smallest absolute Gasteiger partial charge is 0.141 e. The van der Waals surface area contributed by atoms with Gasteiger partial charge in [0.1, 0.15) is 5.82 Å². The molecule has 2 N–H and O–H groups in total. The minimum absolute atomic E-state index is 0.596. The zero-order valence-corrected chi connectivity index (χ0v) is 9.95. The van der Waals surface area contributed by atoms with E-state index in [1.54, 1.807) is 12.4 Å². The molecule has 0 unspecified atom stereocenters. The molecule has 90 valence electrons. The summed E-state index contributed by atoms with van der Waals surface area (Å²) >= 11 is 0. The highest BCUT2D eigenvalue weighted by atomic mass is 15.1. The van der Waals surface area contributed by atoms with E-state index in [2.05, 4.69) is 20.6 Å². The molecule has 0 fully saturated rings. The quantitative estimate of drug-likeness (QED) is 0.759. The van der Waals surface area contributed by atoms with Crippen LogP contribution in [0.3, 0.4) is 0 Å². The van der Waals surface area contributed by atoms with Crippen molar-refractivity contribution in [2.24, 2.45) is 5.73 Å². The molecule has 0 atom stereocenters. The SMILES string of the molecule is NCCn1c(-c2ccncc2)nc2ccccc21. The first-order valence-corrected chi connectivity index (χ1v) is 5.96. The molecule has 0 aliphatic carbocycles. The lowest BCUT2D eigenvalue weighted by molar-refractivity contribution is 0.735. The van der Waals surface area contributed by atoms with Crippen molar-refractivity contribution >= 4 is 11.0 Å². The predicted molar refractivity (Wildman–Crippen MR) is 72.0 cm³/mol. The van der Waals surface area contributed by atoms with Crippen molar-refractivity contribution in [1.29, 1.82) is 0 Å². The molecular weight excluding hydrogens is 224 g/mol. The molecule has 4 nitrogen and oxygen atoms in total. The highest BCUT2D eigenvalue weighted by Crippen LogP contribution is 2.23. The molecule has 3 rings (SSSR count). The standard InChI is InChI=1S/C14H14N4/c15-7-10-18-13-4-2-1-3-12(13)17-14(18)11-5-8-16-9-6-11/h1-6,8-9H,7,10,15H2. The van der Waals surface area contributed by atoms with Gasteiger partial charge < -0.3 is 10.3 Å². The first-order chi connectivity index (χ1) is 8.90. The maximum absolute atomic E-state index is 5.70. The lowest BCUT2D eigenvalue weighted by Gasteiger charge is -2.07. The van der Waals surface area contributed by atoms with Crippen LogP contribution in [0.5, 0.6) is 0 Å². The van der Waals surface area contributed by atoms with Crippen LogP contribution in [0.25, 0.3) is 22.4 Å². The second-order valence-corrected chi connectivity index (χ2v) is 4.10. The van der Waals surface area contributed by atoms with Crippen LogP contribution in [-0.2, 0) is 6.54 Å². The van der Waals surface area contributed by atoms with Crippen LogP contribution >= 0.6 is 0 Å². The maximum atomic E-state index is 5.70. The van der Waals surface area contributed by atoms with E-state index in [-0.39, 0.29) is 0 Å². The average Bonchev–Trinajstić information content (AvgIpc) is 2.80. The largest absolute Gasteiger partial charge is 0.329 e. The van der Waals surface area contributed by atoms with Crippen molar-refractivity contribution in [3.05, 3.63) is 48.8 Å². The molecule has 2 aromatic heterocycles. The third-order valence-electron chi connectivity index (χ3n) is 2.95. The summed E-state index contributed by atoms with van der Waals surface area (Å²) in [6, 6.07) is 12.0. The van der Waals surface area contributed by atoms with Gasteiger partial charge in [0.25, 0.3) is 0 Å². The first-order valence-electron chi connectivity index (χ1n) is 5.96. The maximum Gasteiger partial charge on any atom is 0.141 e. The van der Waals surface area contributed by atoms with Crippen molar-refractivity contribution < 1.29 is 0 Å². The highest BCUT2D eigenvalue weighted by Gasteiger charge is 2.10. The molecule has 3 aromatic rings. The van der Waals surface area contributed by atoms with Crippen LogP contribution < -0.4 is 5.73 Å². The van der Waals surface area contributed by atoms with Gasteiger partial charge in [-0.15, -0.1) is 0 Å². The number of fused-ring (bicyclic) bond motifs is 1. The Bertz CT molecular complexity index is 658. The van der Waals surface area contributed by atoms with Crippen LogP contribution in [0.15, 0.2) is 48.8 Å². The van der Waals surface area contributed by atoms with Crippen molar-refractivity contribution in [1.82, 2.24) is 14.5 Å². The van der Waals surface area contributed by atoms with Crippen molar-refractivity contribution in [3.63, 3.8) is 0 Å². The molecular formula is C14H14N4. The average molecular weight is 238 g/mol. The van der Waals surface area contributed by atoms with Crippen LogP contribution in [-0.4, -0.2) is 21.1 Å². The zero-order valence-electron chi connectivity index (χ0n) is 9.95. The second-order valence-electron chi connectivity index (χ2n) is 4.10.